The first-order valence-electron chi connectivity index (χ1n) is 9.69. The summed E-state index contributed by atoms with van der Waals surface area (Å²) in [4.78, 5) is 25.1. The second-order valence-electron chi connectivity index (χ2n) is 7.08. The number of Topliss-reactive ketones (excluding diaryl/α,β-unsaturated/α-hetero) is 1. The van der Waals surface area contributed by atoms with Gasteiger partial charge in [0.15, 0.2) is 5.78 Å². The number of rotatable bonds is 6. The van der Waals surface area contributed by atoms with Gasteiger partial charge >= 0.3 is 5.97 Å². The third-order valence-corrected chi connectivity index (χ3v) is 7.33. The molecule has 1 saturated carbocycles. The van der Waals surface area contributed by atoms with Crippen molar-refractivity contribution in [2.45, 2.75) is 43.0 Å². The van der Waals surface area contributed by atoms with Crippen LogP contribution in [0.25, 0.3) is 0 Å². The minimum Gasteiger partial charge on any atom is -0.462 e. The summed E-state index contributed by atoms with van der Waals surface area (Å²) in [7, 11) is -2.60. The lowest BCUT2D eigenvalue weighted by molar-refractivity contribution is -0.131. The highest BCUT2D eigenvalue weighted by Gasteiger charge is 2.49. The first-order valence-corrected chi connectivity index (χ1v) is 11.1. The summed E-state index contributed by atoms with van der Waals surface area (Å²) >= 11 is 0. The van der Waals surface area contributed by atoms with Crippen LogP contribution in [0, 0.1) is 0 Å². The van der Waals surface area contributed by atoms with Gasteiger partial charge in [-0.3, -0.25) is 4.79 Å². The molecule has 6 nitrogen and oxygen atoms in total. The molecule has 0 aliphatic heterocycles. The third kappa shape index (κ3) is 3.84. The van der Waals surface area contributed by atoms with Crippen molar-refractivity contribution in [3.63, 3.8) is 0 Å². The van der Waals surface area contributed by atoms with Gasteiger partial charge in [-0.1, -0.05) is 42.8 Å². The average molecular weight is 416 g/mol. The second-order valence-corrected chi connectivity index (χ2v) is 9.05. The number of esters is 1. The summed E-state index contributed by atoms with van der Waals surface area (Å²) in [6.45, 7) is 1.88. The standard InChI is InChI=1S/C22H25NO5S/c1-3-28-21(25)17-10-9-13-19(16-17)29(26,27)23(2)22(15-8-7-14-20(22)24)18-11-5-4-6-12-18/h4-6,9-13,16H,3,7-8,14-15H2,1-2H3. The van der Waals surface area contributed by atoms with E-state index in [2.05, 4.69) is 0 Å². The zero-order chi connectivity index (χ0) is 21.1. The van der Waals surface area contributed by atoms with Gasteiger partial charge in [0.05, 0.1) is 17.1 Å². The van der Waals surface area contributed by atoms with Crippen LogP contribution >= 0.6 is 0 Å². The van der Waals surface area contributed by atoms with Gasteiger partial charge < -0.3 is 4.74 Å². The van der Waals surface area contributed by atoms with Crippen LogP contribution in [0.3, 0.4) is 0 Å². The number of benzene rings is 2. The van der Waals surface area contributed by atoms with Gasteiger partial charge in [-0.05, 0) is 43.5 Å². The molecule has 0 radical (unpaired) electrons. The topological polar surface area (TPSA) is 80.8 Å². The van der Waals surface area contributed by atoms with Crippen molar-refractivity contribution >= 4 is 21.8 Å². The number of ether oxygens (including phenoxy) is 1. The molecule has 7 heteroatoms. The van der Waals surface area contributed by atoms with Crippen LogP contribution in [0.15, 0.2) is 59.5 Å². The van der Waals surface area contributed by atoms with E-state index >= 15 is 0 Å². The largest absolute Gasteiger partial charge is 0.462 e. The highest BCUT2D eigenvalue weighted by atomic mass is 32.2. The monoisotopic (exact) mass is 415 g/mol. The lowest BCUT2D eigenvalue weighted by Gasteiger charge is -2.42. The van der Waals surface area contributed by atoms with Gasteiger partial charge in [-0.2, -0.15) is 4.31 Å². The number of sulfonamides is 1. The van der Waals surface area contributed by atoms with E-state index in [1.54, 1.807) is 31.2 Å². The molecule has 1 fully saturated rings. The van der Waals surface area contributed by atoms with E-state index in [0.29, 0.717) is 18.4 Å². The van der Waals surface area contributed by atoms with Crippen molar-refractivity contribution < 1.29 is 22.7 Å². The molecule has 0 aromatic heterocycles. The van der Waals surface area contributed by atoms with E-state index in [4.69, 9.17) is 4.74 Å². The molecule has 0 saturated heterocycles. The van der Waals surface area contributed by atoms with Gasteiger partial charge in [0.1, 0.15) is 5.54 Å². The van der Waals surface area contributed by atoms with Gasteiger partial charge in [0, 0.05) is 13.5 Å². The number of hydrogen-bond donors (Lipinski definition) is 0. The molecular weight excluding hydrogens is 390 g/mol. The molecular formula is C22H25NO5S. The molecule has 0 heterocycles. The van der Waals surface area contributed by atoms with Crippen LogP contribution in [0.4, 0.5) is 0 Å². The van der Waals surface area contributed by atoms with E-state index in [1.165, 1.54) is 35.6 Å². The zero-order valence-corrected chi connectivity index (χ0v) is 17.4. The van der Waals surface area contributed by atoms with Crippen LogP contribution in [-0.2, 0) is 25.1 Å². The van der Waals surface area contributed by atoms with Crippen LogP contribution in [0.5, 0.6) is 0 Å². The molecule has 2 aromatic carbocycles. The SMILES string of the molecule is CCOC(=O)c1cccc(S(=O)(=O)N(C)C2(c3ccccc3)CCCCC2=O)c1. The van der Waals surface area contributed by atoms with Crippen LogP contribution in [0.1, 0.15) is 48.5 Å². The molecule has 0 amide bonds. The van der Waals surface area contributed by atoms with Crippen LogP contribution in [0.2, 0.25) is 0 Å². The fourth-order valence-corrected chi connectivity index (χ4v) is 5.46. The van der Waals surface area contributed by atoms with E-state index in [0.717, 1.165) is 12.8 Å². The Morgan fingerprint density at radius 3 is 2.48 bits per heavy atom. The van der Waals surface area contributed by atoms with Gasteiger partial charge in [-0.15, -0.1) is 0 Å². The highest BCUT2D eigenvalue weighted by molar-refractivity contribution is 7.89. The van der Waals surface area contributed by atoms with Crippen LogP contribution in [-0.4, -0.2) is 38.1 Å². The number of ketones is 1. The van der Waals surface area contributed by atoms with E-state index < -0.39 is 21.5 Å². The minimum atomic E-state index is -4.04. The van der Waals surface area contributed by atoms with Crippen molar-refractivity contribution in [3.05, 3.63) is 65.7 Å². The second kappa shape index (κ2) is 8.47. The summed E-state index contributed by atoms with van der Waals surface area (Å²) in [5.74, 6) is -0.693. The Hall–Kier alpha value is -2.51. The fraction of sp³-hybridized carbons (Fsp3) is 0.364. The molecule has 1 atom stereocenters. The predicted octanol–water partition coefficient (Wildman–Crippen LogP) is 3.52. The number of carbonyl (C=O) groups is 2. The van der Waals surface area contributed by atoms with Crippen LogP contribution < -0.4 is 0 Å². The Morgan fingerprint density at radius 2 is 1.83 bits per heavy atom. The van der Waals surface area contributed by atoms with E-state index in [1.807, 2.05) is 6.07 Å². The highest BCUT2D eigenvalue weighted by Crippen LogP contribution is 2.41. The first-order chi connectivity index (χ1) is 13.8. The van der Waals surface area contributed by atoms with Crippen molar-refractivity contribution in [2.75, 3.05) is 13.7 Å². The average Bonchev–Trinajstić information content (AvgIpc) is 2.74. The lowest BCUT2D eigenvalue weighted by Crippen LogP contribution is -2.54. The Bertz CT molecular complexity index is 1000. The van der Waals surface area contributed by atoms with E-state index in [9.17, 15) is 18.0 Å². The smallest absolute Gasteiger partial charge is 0.338 e. The Balaban J connectivity index is 2.08. The summed E-state index contributed by atoms with van der Waals surface area (Å²) < 4.78 is 33.2. The molecule has 2 aromatic rings. The number of likely N-dealkylation sites (N-methyl/N-ethyl adjacent to an activating group) is 1. The maximum atomic E-state index is 13.5. The first kappa shape index (κ1) is 21.2. The molecule has 29 heavy (non-hydrogen) atoms. The molecule has 0 N–H and O–H groups in total. The maximum Gasteiger partial charge on any atom is 0.338 e. The van der Waals surface area contributed by atoms with Gasteiger partial charge in [0.25, 0.3) is 0 Å². The van der Waals surface area contributed by atoms with Crippen molar-refractivity contribution in [3.8, 4) is 0 Å². The summed E-state index contributed by atoms with van der Waals surface area (Å²) in [5.41, 5.74) is -0.430. The third-order valence-electron chi connectivity index (χ3n) is 5.45. The van der Waals surface area contributed by atoms with E-state index in [-0.39, 0.29) is 22.8 Å². The molecule has 3 rings (SSSR count). The molecule has 1 aliphatic rings. The lowest BCUT2D eigenvalue weighted by atomic mass is 9.75. The predicted molar refractivity (Wildman–Crippen MR) is 109 cm³/mol. The van der Waals surface area contributed by atoms with Crippen molar-refractivity contribution in [1.82, 2.24) is 4.31 Å². The molecule has 1 unspecified atom stereocenters. The minimum absolute atomic E-state index is 0.0424. The Morgan fingerprint density at radius 1 is 1.10 bits per heavy atom. The summed E-state index contributed by atoms with van der Waals surface area (Å²) in [6.07, 6.45) is 2.25. The fourth-order valence-electron chi connectivity index (χ4n) is 3.91. The quantitative estimate of drug-likeness (QED) is 0.675. The summed E-state index contributed by atoms with van der Waals surface area (Å²) in [6, 6.07) is 14.8. The van der Waals surface area contributed by atoms with Crippen molar-refractivity contribution in [1.29, 1.82) is 0 Å². The molecule has 1 aliphatic carbocycles. The van der Waals surface area contributed by atoms with Crippen molar-refractivity contribution in [2.24, 2.45) is 0 Å². The number of hydrogen-bond acceptors (Lipinski definition) is 5. The molecule has 0 spiro atoms. The van der Waals surface area contributed by atoms with Gasteiger partial charge in [0.2, 0.25) is 10.0 Å². The molecule has 0 bridgehead atoms. The Labute approximate surface area is 171 Å². The molecule has 154 valence electrons. The Kier molecular flexibility index (Phi) is 6.19. The summed E-state index contributed by atoms with van der Waals surface area (Å²) in [5, 5.41) is 0. The maximum absolute atomic E-state index is 13.5. The zero-order valence-electron chi connectivity index (χ0n) is 16.6. The number of nitrogens with zero attached hydrogens (tertiary/aromatic N) is 1. The van der Waals surface area contributed by atoms with Gasteiger partial charge in [-0.25, -0.2) is 13.2 Å². The normalized spacial score (nSPS) is 19.9. The number of carbonyl (C=O) groups excluding carboxylic acids is 2.